The van der Waals surface area contributed by atoms with Crippen LogP contribution in [0.1, 0.15) is 29.3 Å². The van der Waals surface area contributed by atoms with Gasteiger partial charge in [-0.15, -0.1) is 0 Å². The van der Waals surface area contributed by atoms with E-state index in [2.05, 4.69) is 12.2 Å². The largest absolute Gasteiger partial charge is 0.355 e. The SMILES string of the molecule is CNC(=O)c1ccc(CN(C)C(=O)[C@H]2C[C@@H]2C)cc1. The second kappa shape index (κ2) is 5.43. The number of hydrogen-bond donors (Lipinski definition) is 1. The number of carbonyl (C=O) groups excluding carboxylic acids is 2. The predicted octanol–water partition coefficient (Wildman–Crippen LogP) is 1.66. The fourth-order valence-corrected chi connectivity index (χ4v) is 2.21. The molecule has 1 aromatic rings. The molecule has 1 saturated carbocycles. The van der Waals surface area contributed by atoms with Crippen LogP contribution in [0.4, 0.5) is 0 Å². The minimum absolute atomic E-state index is 0.0946. The highest BCUT2D eigenvalue weighted by molar-refractivity contribution is 5.93. The van der Waals surface area contributed by atoms with E-state index >= 15 is 0 Å². The van der Waals surface area contributed by atoms with E-state index in [1.54, 1.807) is 24.1 Å². The van der Waals surface area contributed by atoms with Gasteiger partial charge in [-0.2, -0.15) is 0 Å². The number of rotatable bonds is 4. The zero-order valence-electron chi connectivity index (χ0n) is 11.6. The number of nitrogens with one attached hydrogen (secondary N) is 1. The van der Waals surface area contributed by atoms with Crippen LogP contribution < -0.4 is 5.32 Å². The van der Waals surface area contributed by atoms with Gasteiger partial charge in [-0.05, 0) is 30.0 Å². The van der Waals surface area contributed by atoms with E-state index in [0.717, 1.165) is 12.0 Å². The highest BCUT2D eigenvalue weighted by Crippen LogP contribution is 2.39. The average Bonchev–Trinajstić information content (AvgIpc) is 3.14. The zero-order valence-corrected chi connectivity index (χ0v) is 11.6. The van der Waals surface area contributed by atoms with Gasteiger partial charge in [-0.1, -0.05) is 19.1 Å². The number of carbonyl (C=O) groups is 2. The fraction of sp³-hybridized carbons (Fsp3) is 0.467. The Bertz CT molecular complexity index is 481. The molecule has 0 aromatic heterocycles. The molecule has 1 N–H and O–H groups in total. The minimum Gasteiger partial charge on any atom is -0.355 e. The van der Waals surface area contributed by atoms with Gasteiger partial charge in [0.1, 0.15) is 0 Å². The first-order valence-electron chi connectivity index (χ1n) is 6.59. The third kappa shape index (κ3) is 3.13. The minimum atomic E-state index is -0.0946. The molecule has 1 aliphatic carbocycles. The maximum absolute atomic E-state index is 12.0. The van der Waals surface area contributed by atoms with Gasteiger partial charge in [0, 0.05) is 32.1 Å². The maximum Gasteiger partial charge on any atom is 0.251 e. The smallest absolute Gasteiger partial charge is 0.251 e. The quantitative estimate of drug-likeness (QED) is 0.895. The molecular formula is C15H20N2O2. The van der Waals surface area contributed by atoms with E-state index in [0.29, 0.717) is 18.0 Å². The zero-order chi connectivity index (χ0) is 14.0. The molecule has 2 rings (SSSR count). The van der Waals surface area contributed by atoms with Crippen molar-refractivity contribution >= 4 is 11.8 Å². The van der Waals surface area contributed by atoms with Gasteiger partial charge in [-0.25, -0.2) is 0 Å². The van der Waals surface area contributed by atoms with Crippen LogP contribution in [0.25, 0.3) is 0 Å². The molecule has 0 unspecified atom stereocenters. The number of amides is 2. The van der Waals surface area contributed by atoms with E-state index in [9.17, 15) is 9.59 Å². The molecule has 19 heavy (non-hydrogen) atoms. The Morgan fingerprint density at radius 2 is 1.89 bits per heavy atom. The first-order chi connectivity index (χ1) is 9.02. The van der Waals surface area contributed by atoms with Gasteiger partial charge in [0.05, 0.1) is 0 Å². The van der Waals surface area contributed by atoms with Crippen LogP contribution in [-0.2, 0) is 11.3 Å². The van der Waals surface area contributed by atoms with Gasteiger partial charge in [-0.3, -0.25) is 9.59 Å². The van der Waals surface area contributed by atoms with Crippen LogP contribution in [-0.4, -0.2) is 30.8 Å². The molecule has 4 nitrogen and oxygen atoms in total. The topological polar surface area (TPSA) is 49.4 Å². The molecule has 2 atom stereocenters. The second-order valence-corrected chi connectivity index (χ2v) is 5.29. The molecule has 0 bridgehead atoms. The maximum atomic E-state index is 12.0. The highest BCUT2D eigenvalue weighted by atomic mass is 16.2. The van der Waals surface area contributed by atoms with Gasteiger partial charge >= 0.3 is 0 Å². The molecule has 2 amide bonds. The first-order valence-corrected chi connectivity index (χ1v) is 6.59. The summed E-state index contributed by atoms with van der Waals surface area (Å²) in [4.78, 5) is 25.2. The molecule has 4 heteroatoms. The molecule has 0 saturated heterocycles. The summed E-state index contributed by atoms with van der Waals surface area (Å²) < 4.78 is 0. The lowest BCUT2D eigenvalue weighted by Gasteiger charge is -2.17. The monoisotopic (exact) mass is 260 g/mol. The number of nitrogens with zero attached hydrogens (tertiary/aromatic N) is 1. The Labute approximate surface area is 113 Å². The average molecular weight is 260 g/mol. The van der Waals surface area contributed by atoms with Crippen LogP contribution in [0, 0.1) is 11.8 Å². The van der Waals surface area contributed by atoms with Crippen LogP contribution >= 0.6 is 0 Å². The predicted molar refractivity (Wildman–Crippen MR) is 73.6 cm³/mol. The van der Waals surface area contributed by atoms with E-state index in [4.69, 9.17) is 0 Å². The van der Waals surface area contributed by atoms with Crippen LogP contribution in [0.15, 0.2) is 24.3 Å². The van der Waals surface area contributed by atoms with E-state index in [1.807, 2.05) is 19.2 Å². The lowest BCUT2D eigenvalue weighted by molar-refractivity contribution is -0.132. The Kier molecular flexibility index (Phi) is 3.88. The van der Waals surface area contributed by atoms with Crippen molar-refractivity contribution in [2.45, 2.75) is 19.9 Å². The van der Waals surface area contributed by atoms with Crippen molar-refractivity contribution in [1.82, 2.24) is 10.2 Å². The molecule has 0 heterocycles. The van der Waals surface area contributed by atoms with Crippen molar-refractivity contribution in [3.8, 4) is 0 Å². The molecule has 1 aliphatic rings. The lowest BCUT2D eigenvalue weighted by Crippen LogP contribution is -2.28. The van der Waals surface area contributed by atoms with Crippen molar-refractivity contribution in [3.63, 3.8) is 0 Å². The molecular weight excluding hydrogens is 240 g/mol. The summed E-state index contributed by atoms with van der Waals surface area (Å²) in [5, 5.41) is 2.58. The van der Waals surface area contributed by atoms with Crippen molar-refractivity contribution in [2.75, 3.05) is 14.1 Å². The summed E-state index contributed by atoms with van der Waals surface area (Å²) >= 11 is 0. The molecule has 102 valence electrons. The second-order valence-electron chi connectivity index (χ2n) is 5.29. The molecule has 0 spiro atoms. The third-order valence-electron chi connectivity index (χ3n) is 3.67. The summed E-state index contributed by atoms with van der Waals surface area (Å²) in [5.74, 6) is 0.881. The molecule has 1 fully saturated rings. The van der Waals surface area contributed by atoms with E-state index < -0.39 is 0 Å². The van der Waals surface area contributed by atoms with Crippen molar-refractivity contribution in [3.05, 3.63) is 35.4 Å². The lowest BCUT2D eigenvalue weighted by atomic mass is 10.1. The highest BCUT2D eigenvalue weighted by Gasteiger charge is 2.40. The number of hydrogen-bond acceptors (Lipinski definition) is 2. The summed E-state index contributed by atoms with van der Waals surface area (Å²) in [7, 11) is 3.44. The van der Waals surface area contributed by atoms with Crippen molar-refractivity contribution in [1.29, 1.82) is 0 Å². The summed E-state index contributed by atoms with van der Waals surface area (Å²) in [6, 6.07) is 7.35. The summed E-state index contributed by atoms with van der Waals surface area (Å²) in [5.41, 5.74) is 1.67. The van der Waals surface area contributed by atoms with Crippen LogP contribution in [0.2, 0.25) is 0 Å². The molecule has 1 aromatic carbocycles. The van der Waals surface area contributed by atoms with Gasteiger partial charge in [0.15, 0.2) is 0 Å². The van der Waals surface area contributed by atoms with Crippen molar-refractivity contribution in [2.24, 2.45) is 11.8 Å². The van der Waals surface area contributed by atoms with Crippen molar-refractivity contribution < 1.29 is 9.59 Å². The summed E-state index contributed by atoms with van der Waals surface area (Å²) in [6.07, 6.45) is 1.01. The Balaban J connectivity index is 1.95. The van der Waals surface area contributed by atoms with Crippen LogP contribution in [0.3, 0.4) is 0 Å². The molecule has 0 aliphatic heterocycles. The van der Waals surface area contributed by atoms with Gasteiger partial charge in [0.2, 0.25) is 5.91 Å². The summed E-state index contributed by atoms with van der Waals surface area (Å²) in [6.45, 7) is 2.70. The van der Waals surface area contributed by atoms with Gasteiger partial charge < -0.3 is 10.2 Å². The Morgan fingerprint density at radius 3 is 2.37 bits per heavy atom. The Hall–Kier alpha value is -1.84. The fourth-order valence-electron chi connectivity index (χ4n) is 2.21. The van der Waals surface area contributed by atoms with E-state index in [1.165, 1.54) is 0 Å². The van der Waals surface area contributed by atoms with Gasteiger partial charge in [0.25, 0.3) is 5.91 Å². The normalized spacial score (nSPS) is 20.8. The molecule has 0 radical (unpaired) electrons. The Morgan fingerprint density at radius 1 is 1.32 bits per heavy atom. The third-order valence-corrected chi connectivity index (χ3v) is 3.67. The van der Waals surface area contributed by atoms with E-state index in [-0.39, 0.29) is 17.7 Å². The first kappa shape index (κ1) is 13.6. The number of benzene rings is 1. The van der Waals surface area contributed by atoms with Crippen LogP contribution in [0.5, 0.6) is 0 Å². The standard InChI is InChI=1S/C15H20N2O2/c1-10-8-13(10)15(19)17(3)9-11-4-6-12(7-5-11)14(18)16-2/h4-7,10,13H,8-9H2,1-3H3,(H,16,18)/t10-,13-/m0/s1.